The van der Waals surface area contributed by atoms with Crippen molar-refractivity contribution in [2.75, 3.05) is 13.2 Å². The van der Waals surface area contributed by atoms with E-state index in [0.717, 1.165) is 18.9 Å². The molecule has 0 amide bonds. The topological polar surface area (TPSA) is 35.2 Å². The molecule has 1 aliphatic rings. The molecular formula is C12H25NO. The first kappa shape index (κ1) is 12.0. The first-order valence-electron chi connectivity index (χ1n) is 6.02. The van der Waals surface area contributed by atoms with Crippen LogP contribution >= 0.6 is 0 Å². The predicted molar refractivity (Wildman–Crippen MR) is 60.3 cm³/mol. The van der Waals surface area contributed by atoms with Crippen molar-refractivity contribution in [1.82, 2.24) is 0 Å². The van der Waals surface area contributed by atoms with Gasteiger partial charge in [0, 0.05) is 13.2 Å². The highest BCUT2D eigenvalue weighted by molar-refractivity contribution is 4.85. The van der Waals surface area contributed by atoms with Gasteiger partial charge in [-0.2, -0.15) is 0 Å². The highest BCUT2D eigenvalue weighted by atomic mass is 16.5. The lowest BCUT2D eigenvalue weighted by molar-refractivity contribution is -0.0663. The fourth-order valence-electron chi connectivity index (χ4n) is 2.11. The fourth-order valence-corrected chi connectivity index (χ4v) is 2.11. The smallest absolute Gasteiger partial charge is 0.0804 e. The van der Waals surface area contributed by atoms with Gasteiger partial charge >= 0.3 is 0 Å². The summed E-state index contributed by atoms with van der Waals surface area (Å²) in [5.41, 5.74) is 5.86. The molecule has 0 saturated heterocycles. The number of nitrogens with two attached hydrogens (primary N) is 1. The second kappa shape index (κ2) is 5.72. The van der Waals surface area contributed by atoms with Crippen molar-refractivity contribution in [2.45, 2.75) is 58.0 Å². The molecule has 1 saturated carbocycles. The van der Waals surface area contributed by atoms with E-state index in [2.05, 4.69) is 13.8 Å². The van der Waals surface area contributed by atoms with Crippen molar-refractivity contribution in [1.29, 1.82) is 0 Å². The average Bonchev–Trinajstić information content (AvgIpc) is 2.19. The maximum absolute atomic E-state index is 6.01. The van der Waals surface area contributed by atoms with E-state index in [9.17, 15) is 0 Å². The standard InChI is InChI=1S/C12H25NO/c1-11(2)6-9-14-12(10-13)7-4-3-5-8-12/h11H,3-10,13H2,1-2H3. The minimum Gasteiger partial charge on any atom is -0.374 e. The maximum Gasteiger partial charge on any atom is 0.0804 e. The van der Waals surface area contributed by atoms with Crippen molar-refractivity contribution in [3.05, 3.63) is 0 Å². The second-order valence-electron chi connectivity index (χ2n) is 4.98. The van der Waals surface area contributed by atoms with Gasteiger partial charge in [0.1, 0.15) is 0 Å². The van der Waals surface area contributed by atoms with Crippen molar-refractivity contribution < 1.29 is 4.74 Å². The maximum atomic E-state index is 6.01. The zero-order valence-electron chi connectivity index (χ0n) is 9.72. The summed E-state index contributed by atoms with van der Waals surface area (Å²) >= 11 is 0. The monoisotopic (exact) mass is 199 g/mol. The minimum atomic E-state index is 0.0349. The van der Waals surface area contributed by atoms with E-state index in [1.54, 1.807) is 0 Å². The third-order valence-electron chi connectivity index (χ3n) is 3.24. The molecular weight excluding hydrogens is 174 g/mol. The van der Waals surface area contributed by atoms with Gasteiger partial charge in [-0.05, 0) is 25.2 Å². The van der Waals surface area contributed by atoms with E-state index in [4.69, 9.17) is 10.5 Å². The van der Waals surface area contributed by atoms with Gasteiger partial charge in [-0.15, -0.1) is 0 Å². The van der Waals surface area contributed by atoms with Crippen LogP contribution < -0.4 is 5.73 Å². The van der Waals surface area contributed by atoms with Gasteiger partial charge in [0.2, 0.25) is 0 Å². The number of hydrogen-bond donors (Lipinski definition) is 1. The molecule has 14 heavy (non-hydrogen) atoms. The lowest BCUT2D eigenvalue weighted by Crippen LogP contribution is -2.42. The molecule has 1 fully saturated rings. The first-order chi connectivity index (χ1) is 6.68. The van der Waals surface area contributed by atoms with Crippen LogP contribution in [0.25, 0.3) is 0 Å². The van der Waals surface area contributed by atoms with Crippen LogP contribution in [0.3, 0.4) is 0 Å². The molecule has 2 nitrogen and oxygen atoms in total. The fraction of sp³-hybridized carbons (Fsp3) is 1.00. The van der Waals surface area contributed by atoms with Gasteiger partial charge in [0.05, 0.1) is 5.60 Å². The largest absolute Gasteiger partial charge is 0.374 e. The van der Waals surface area contributed by atoms with E-state index in [1.165, 1.54) is 32.1 Å². The van der Waals surface area contributed by atoms with Gasteiger partial charge < -0.3 is 10.5 Å². The average molecular weight is 199 g/mol. The van der Waals surface area contributed by atoms with Crippen LogP contribution in [0.4, 0.5) is 0 Å². The molecule has 0 aliphatic heterocycles. The summed E-state index contributed by atoms with van der Waals surface area (Å²) in [6.07, 6.45) is 7.43. The van der Waals surface area contributed by atoms with Crippen LogP contribution in [0.5, 0.6) is 0 Å². The molecule has 0 heterocycles. The number of rotatable bonds is 5. The molecule has 0 radical (unpaired) electrons. The van der Waals surface area contributed by atoms with Crippen molar-refractivity contribution in [2.24, 2.45) is 11.7 Å². The van der Waals surface area contributed by atoms with Crippen molar-refractivity contribution >= 4 is 0 Å². The molecule has 0 aromatic carbocycles. The van der Waals surface area contributed by atoms with Crippen LogP contribution in [0.1, 0.15) is 52.4 Å². The third kappa shape index (κ3) is 3.58. The summed E-state index contributed by atoms with van der Waals surface area (Å²) in [5.74, 6) is 0.730. The Labute approximate surface area is 88.2 Å². The lowest BCUT2D eigenvalue weighted by atomic mass is 9.84. The quantitative estimate of drug-likeness (QED) is 0.739. The Morgan fingerprint density at radius 3 is 2.36 bits per heavy atom. The zero-order chi connectivity index (χ0) is 10.4. The Morgan fingerprint density at radius 1 is 1.21 bits per heavy atom. The molecule has 84 valence electrons. The highest BCUT2D eigenvalue weighted by Crippen LogP contribution is 2.30. The Balaban J connectivity index is 2.29. The van der Waals surface area contributed by atoms with Crippen LogP contribution in [0.2, 0.25) is 0 Å². The van der Waals surface area contributed by atoms with Crippen LogP contribution in [-0.2, 0) is 4.74 Å². The Kier molecular flexibility index (Phi) is 4.90. The zero-order valence-corrected chi connectivity index (χ0v) is 9.72. The number of ether oxygens (including phenoxy) is 1. The molecule has 0 aromatic rings. The molecule has 1 aliphatic carbocycles. The Bertz CT molecular complexity index is 150. The Hall–Kier alpha value is -0.0800. The van der Waals surface area contributed by atoms with Gasteiger partial charge in [0.15, 0.2) is 0 Å². The van der Waals surface area contributed by atoms with E-state index in [0.29, 0.717) is 6.54 Å². The molecule has 1 rings (SSSR count). The Morgan fingerprint density at radius 2 is 1.86 bits per heavy atom. The molecule has 0 spiro atoms. The summed E-state index contributed by atoms with van der Waals surface area (Å²) in [5, 5.41) is 0. The first-order valence-corrected chi connectivity index (χ1v) is 6.02. The van der Waals surface area contributed by atoms with E-state index in [-0.39, 0.29) is 5.60 Å². The SMILES string of the molecule is CC(C)CCOC1(CN)CCCCC1. The van der Waals surface area contributed by atoms with Gasteiger partial charge in [-0.25, -0.2) is 0 Å². The van der Waals surface area contributed by atoms with Crippen molar-refractivity contribution in [3.63, 3.8) is 0 Å². The normalized spacial score (nSPS) is 21.4. The predicted octanol–water partition coefficient (Wildman–Crippen LogP) is 2.71. The third-order valence-corrected chi connectivity index (χ3v) is 3.24. The van der Waals surface area contributed by atoms with E-state index < -0.39 is 0 Å². The molecule has 0 atom stereocenters. The molecule has 0 bridgehead atoms. The van der Waals surface area contributed by atoms with E-state index in [1.807, 2.05) is 0 Å². The highest BCUT2D eigenvalue weighted by Gasteiger charge is 2.31. The van der Waals surface area contributed by atoms with Crippen molar-refractivity contribution in [3.8, 4) is 0 Å². The molecule has 2 N–H and O–H groups in total. The number of hydrogen-bond acceptors (Lipinski definition) is 2. The summed E-state index contributed by atoms with van der Waals surface area (Å²) < 4.78 is 6.01. The van der Waals surface area contributed by atoms with Gasteiger partial charge in [-0.1, -0.05) is 33.1 Å². The lowest BCUT2D eigenvalue weighted by Gasteiger charge is -2.36. The molecule has 0 unspecified atom stereocenters. The second-order valence-corrected chi connectivity index (χ2v) is 4.98. The molecule has 2 heteroatoms. The summed E-state index contributed by atoms with van der Waals surface area (Å²) in [4.78, 5) is 0. The summed E-state index contributed by atoms with van der Waals surface area (Å²) in [6.45, 7) is 6.05. The van der Waals surface area contributed by atoms with Gasteiger partial charge in [-0.3, -0.25) is 0 Å². The summed E-state index contributed by atoms with van der Waals surface area (Å²) in [6, 6.07) is 0. The van der Waals surface area contributed by atoms with Crippen LogP contribution in [0.15, 0.2) is 0 Å². The van der Waals surface area contributed by atoms with Crippen LogP contribution in [-0.4, -0.2) is 18.8 Å². The summed E-state index contributed by atoms with van der Waals surface area (Å²) in [7, 11) is 0. The minimum absolute atomic E-state index is 0.0349. The van der Waals surface area contributed by atoms with E-state index >= 15 is 0 Å². The molecule has 0 aromatic heterocycles. The van der Waals surface area contributed by atoms with Gasteiger partial charge in [0.25, 0.3) is 0 Å². The van der Waals surface area contributed by atoms with Crippen LogP contribution in [0, 0.1) is 5.92 Å².